The lowest BCUT2D eigenvalue weighted by molar-refractivity contribution is 0.311. The lowest BCUT2D eigenvalue weighted by Crippen LogP contribution is -2.12. The van der Waals surface area contributed by atoms with Gasteiger partial charge in [-0.15, -0.1) is 0 Å². The van der Waals surface area contributed by atoms with Crippen LogP contribution >= 0.6 is 0 Å². The molecule has 0 bridgehead atoms. The van der Waals surface area contributed by atoms with E-state index in [4.69, 9.17) is 5.11 Å². The fourth-order valence-electron chi connectivity index (χ4n) is 2.43. The van der Waals surface area contributed by atoms with E-state index in [0.29, 0.717) is 24.9 Å². The highest BCUT2D eigenvalue weighted by Gasteiger charge is 2.06. The topological polar surface area (TPSA) is 70.1 Å². The highest BCUT2D eigenvalue weighted by atomic mass is 19.1. The van der Waals surface area contributed by atoms with Gasteiger partial charge in [0.05, 0.1) is 12.1 Å². The number of para-hydroxylation sites is 1. The zero-order chi connectivity index (χ0) is 16.8. The molecule has 0 fully saturated rings. The Morgan fingerprint density at radius 1 is 0.917 bits per heavy atom. The number of benzene rings is 2. The Labute approximate surface area is 139 Å². The molecule has 124 valence electrons. The maximum atomic E-state index is 12.9. The van der Waals surface area contributed by atoms with E-state index in [9.17, 15) is 4.39 Å². The largest absolute Gasteiger partial charge is 0.395 e. The molecular formula is C18H19FN4O. The summed E-state index contributed by atoms with van der Waals surface area (Å²) in [5.41, 5.74) is 1.88. The number of nitrogens with one attached hydrogen (secondary N) is 2. The average Bonchev–Trinajstić information content (AvgIpc) is 2.61. The third kappa shape index (κ3) is 3.97. The first-order chi connectivity index (χ1) is 11.8. The van der Waals surface area contributed by atoms with Gasteiger partial charge in [0, 0.05) is 18.5 Å². The molecule has 2 aromatic carbocycles. The Morgan fingerprint density at radius 2 is 1.71 bits per heavy atom. The van der Waals surface area contributed by atoms with Crippen molar-refractivity contribution in [1.82, 2.24) is 9.97 Å². The van der Waals surface area contributed by atoms with Crippen LogP contribution in [-0.2, 0) is 6.42 Å². The van der Waals surface area contributed by atoms with E-state index in [0.717, 1.165) is 22.9 Å². The van der Waals surface area contributed by atoms with Crippen molar-refractivity contribution in [3.05, 3.63) is 59.9 Å². The SMILES string of the molecule is OCCNc1nc(NCCc2ccc(F)cc2)nc2ccccc12. The maximum absolute atomic E-state index is 12.9. The highest BCUT2D eigenvalue weighted by molar-refractivity contribution is 5.89. The van der Waals surface area contributed by atoms with Crippen molar-refractivity contribution in [3.8, 4) is 0 Å². The normalized spacial score (nSPS) is 10.8. The molecule has 0 saturated carbocycles. The molecular weight excluding hydrogens is 307 g/mol. The summed E-state index contributed by atoms with van der Waals surface area (Å²) in [6.45, 7) is 1.10. The first-order valence-electron chi connectivity index (χ1n) is 7.86. The zero-order valence-corrected chi connectivity index (χ0v) is 13.2. The van der Waals surface area contributed by atoms with E-state index in [1.54, 1.807) is 12.1 Å². The van der Waals surface area contributed by atoms with E-state index in [-0.39, 0.29) is 12.4 Å². The van der Waals surface area contributed by atoms with E-state index in [1.807, 2.05) is 24.3 Å². The lowest BCUT2D eigenvalue weighted by atomic mass is 10.1. The molecule has 0 unspecified atom stereocenters. The standard InChI is InChI=1S/C18H19FN4O/c19-14-7-5-13(6-8-14)9-10-21-18-22-16-4-2-1-3-15(16)17(23-18)20-11-12-24/h1-8,24H,9-12H2,(H2,20,21,22,23). The summed E-state index contributed by atoms with van der Waals surface area (Å²) in [4.78, 5) is 8.98. The molecule has 0 saturated heterocycles. The van der Waals surface area contributed by atoms with Gasteiger partial charge >= 0.3 is 0 Å². The first-order valence-corrected chi connectivity index (χ1v) is 7.86. The monoisotopic (exact) mass is 326 g/mol. The van der Waals surface area contributed by atoms with Gasteiger partial charge in [-0.1, -0.05) is 24.3 Å². The molecule has 3 rings (SSSR count). The smallest absolute Gasteiger partial charge is 0.225 e. The van der Waals surface area contributed by atoms with Crippen LogP contribution < -0.4 is 10.6 Å². The number of aliphatic hydroxyl groups is 1. The number of hydrogen-bond acceptors (Lipinski definition) is 5. The van der Waals surface area contributed by atoms with Crippen molar-refractivity contribution in [1.29, 1.82) is 0 Å². The van der Waals surface area contributed by atoms with Crippen molar-refractivity contribution in [2.45, 2.75) is 6.42 Å². The lowest BCUT2D eigenvalue weighted by Gasteiger charge is -2.11. The number of nitrogens with zero attached hydrogens (tertiary/aromatic N) is 2. The van der Waals surface area contributed by atoms with Crippen molar-refractivity contribution in [2.24, 2.45) is 0 Å². The second-order valence-corrected chi connectivity index (χ2v) is 5.37. The van der Waals surface area contributed by atoms with Crippen LogP contribution in [0.5, 0.6) is 0 Å². The van der Waals surface area contributed by atoms with Crippen LogP contribution in [0.15, 0.2) is 48.5 Å². The molecule has 24 heavy (non-hydrogen) atoms. The molecule has 0 amide bonds. The minimum absolute atomic E-state index is 0.0334. The highest BCUT2D eigenvalue weighted by Crippen LogP contribution is 2.21. The van der Waals surface area contributed by atoms with E-state index in [2.05, 4.69) is 20.6 Å². The summed E-state index contributed by atoms with van der Waals surface area (Å²) in [5.74, 6) is 0.986. The summed E-state index contributed by atoms with van der Waals surface area (Å²) in [6, 6.07) is 14.2. The average molecular weight is 326 g/mol. The number of aromatic nitrogens is 2. The predicted molar refractivity (Wildman–Crippen MR) is 93.7 cm³/mol. The van der Waals surface area contributed by atoms with Crippen LogP contribution in [-0.4, -0.2) is 34.8 Å². The molecule has 0 atom stereocenters. The minimum atomic E-state index is -0.232. The third-order valence-corrected chi connectivity index (χ3v) is 3.62. The van der Waals surface area contributed by atoms with Crippen LogP contribution in [0.25, 0.3) is 10.9 Å². The van der Waals surface area contributed by atoms with Gasteiger partial charge in [-0.3, -0.25) is 0 Å². The number of fused-ring (bicyclic) bond motifs is 1. The fourth-order valence-corrected chi connectivity index (χ4v) is 2.43. The summed E-state index contributed by atoms with van der Waals surface area (Å²) >= 11 is 0. The molecule has 1 heterocycles. The van der Waals surface area contributed by atoms with Gasteiger partial charge in [0.25, 0.3) is 0 Å². The Morgan fingerprint density at radius 3 is 2.50 bits per heavy atom. The van der Waals surface area contributed by atoms with Crippen LogP contribution in [0.3, 0.4) is 0 Å². The van der Waals surface area contributed by atoms with Gasteiger partial charge in [0.1, 0.15) is 11.6 Å². The molecule has 3 N–H and O–H groups in total. The maximum Gasteiger partial charge on any atom is 0.225 e. The molecule has 1 aromatic heterocycles. The van der Waals surface area contributed by atoms with Crippen molar-refractivity contribution in [3.63, 3.8) is 0 Å². The molecule has 0 radical (unpaired) electrons. The van der Waals surface area contributed by atoms with Gasteiger partial charge in [-0.25, -0.2) is 9.37 Å². The van der Waals surface area contributed by atoms with Crippen molar-refractivity contribution < 1.29 is 9.50 Å². The van der Waals surface area contributed by atoms with Crippen molar-refractivity contribution >= 4 is 22.7 Å². The predicted octanol–water partition coefficient (Wildman–Crippen LogP) is 2.83. The van der Waals surface area contributed by atoms with Crippen LogP contribution in [0.4, 0.5) is 16.2 Å². The molecule has 0 aliphatic rings. The summed E-state index contributed by atoms with van der Waals surface area (Å²) in [6.07, 6.45) is 0.746. The number of hydrogen-bond donors (Lipinski definition) is 3. The minimum Gasteiger partial charge on any atom is -0.395 e. The van der Waals surface area contributed by atoms with E-state index >= 15 is 0 Å². The van der Waals surface area contributed by atoms with Crippen LogP contribution in [0, 0.1) is 5.82 Å². The van der Waals surface area contributed by atoms with E-state index < -0.39 is 0 Å². The van der Waals surface area contributed by atoms with Gasteiger partial charge < -0.3 is 15.7 Å². The van der Waals surface area contributed by atoms with Gasteiger partial charge in [0.2, 0.25) is 5.95 Å². The Kier molecular flexibility index (Phi) is 5.18. The van der Waals surface area contributed by atoms with Crippen molar-refractivity contribution in [2.75, 3.05) is 30.3 Å². The molecule has 0 aliphatic carbocycles. The van der Waals surface area contributed by atoms with Crippen LogP contribution in [0.2, 0.25) is 0 Å². The van der Waals surface area contributed by atoms with Gasteiger partial charge in [-0.2, -0.15) is 4.98 Å². The summed E-state index contributed by atoms with van der Waals surface area (Å²) in [7, 11) is 0. The Bertz CT molecular complexity index is 808. The molecule has 0 aliphatic heterocycles. The Balaban J connectivity index is 1.72. The quantitative estimate of drug-likeness (QED) is 0.623. The molecule has 0 spiro atoms. The second-order valence-electron chi connectivity index (χ2n) is 5.37. The second kappa shape index (κ2) is 7.70. The first kappa shape index (κ1) is 16.1. The molecule has 6 heteroatoms. The van der Waals surface area contributed by atoms with Gasteiger partial charge in [0.15, 0.2) is 0 Å². The fraction of sp³-hybridized carbons (Fsp3) is 0.222. The molecule has 3 aromatic rings. The summed E-state index contributed by atoms with van der Waals surface area (Å²) in [5, 5.41) is 16.2. The number of anilines is 2. The zero-order valence-electron chi connectivity index (χ0n) is 13.2. The van der Waals surface area contributed by atoms with Crippen LogP contribution in [0.1, 0.15) is 5.56 Å². The number of halogens is 1. The number of aliphatic hydroxyl groups excluding tert-OH is 1. The number of rotatable bonds is 7. The van der Waals surface area contributed by atoms with E-state index in [1.165, 1.54) is 12.1 Å². The summed E-state index contributed by atoms with van der Waals surface area (Å²) < 4.78 is 12.9. The Hall–Kier alpha value is -2.73. The third-order valence-electron chi connectivity index (χ3n) is 3.62. The molecule has 5 nitrogen and oxygen atoms in total. The van der Waals surface area contributed by atoms with Gasteiger partial charge in [-0.05, 0) is 36.2 Å².